The van der Waals surface area contributed by atoms with Gasteiger partial charge in [-0.2, -0.15) is 0 Å². The highest BCUT2D eigenvalue weighted by Crippen LogP contribution is 2.24. The van der Waals surface area contributed by atoms with Gasteiger partial charge in [0.25, 0.3) is 0 Å². The third kappa shape index (κ3) is 3.05. The highest BCUT2D eigenvalue weighted by molar-refractivity contribution is 5.96. The van der Waals surface area contributed by atoms with Crippen LogP contribution < -0.4 is 0 Å². The number of hydrogen-bond donors (Lipinski definition) is 4. The molecule has 0 unspecified atom stereocenters. The SMILES string of the molecule is O=C(C[C@H]1O[C@H](CO)[C@@H](O)[C@H](O)[C@H]1O)c1ccccc1. The van der Waals surface area contributed by atoms with E-state index in [1.165, 1.54) is 0 Å². The number of aliphatic hydroxyl groups excluding tert-OH is 4. The van der Waals surface area contributed by atoms with Crippen LogP contribution in [-0.4, -0.2) is 63.3 Å². The molecular weight excluding hydrogens is 264 g/mol. The molecule has 4 N–H and O–H groups in total. The number of Topliss-reactive ketones (excluding diaryl/α,β-unsaturated/α-hetero) is 1. The predicted molar refractivity (Wildman–Crippen MR) is 69.2 cm³/mol. The van der Waals surface area contributed by atoms with Crippen molar-refractivity contribution >= 4 is 5.78 Å². The summed E-state index contributed by atoms with van der Waals surface area (Å²) in [6.45, 7) is -0.499. The van der Waals surface area contributed by atoms with E-state index in [1.807, 2.05) is 0 Å². The highest BCUT2D eigenvalue weighted by Gasteiger charge is 2.43. The zero-order chi connectivity index (χ0) is 14.7. The van der Waals surface area contributed by atoms with E-state index in [1.54, 1.807) is 30.3 Å². The minimum absolute atomic E-state index is 0.133. The number of hydrogen-bond acceptors (Lipinski definition) is 6. The van der Waals surface area contributed by atoms with E-state index >= 15 is 0 Å². The molecule has 1 aromatic rings. The van der Waals surface area contributed by atoms with E-state index in [4.69, 9.17) is 9.84 Å². The number of carbonyl (C=O) groups is 1. The monoisotopic (exact) mass is 282 g/mol. The maximum absolute atomic E-state index is 12.0. The molecule has 2 rings (SSSR count). The average Bonchev–Trinajstić information content (AvgIpc) is 2.48. The van der Waals surface area contributed by atoms with Crippen LogP contribution in [0.25, 0.3) is 0 Å². The van der Waals surface area contributed by atoms with E-state index in [0.29, 0.717) is 5.56 Å². The summed E-state index contributed by atoms with van der Waals surface area (Å²) in [6, 6.07) is 8.52. The van der Waals surface area contributed by atoms with E-state index < -0.39 is 37.1 Å². The normalized spacial score (nSPS) is 33.9. The van der Waals surface area contributed by atoms with Gasteiger partial charge in [0.1, 0.15) is 24.4 Å². The van der Waals surface area contributed by atoms with Crippen molar-refractivity contribution in [2.75, 3.05) is 6.61 Å². The van der Waals surface area contributed by atoms with Crippen molar-refractivity contribution in [2.45, 2.75) is 36.9 Å². The third-order valence-electron chi connectivity index (χ3n) is 3.47. The van der Waals surface area contributed by atoms with Crippen LogP contribution >= 0.6 is 0 Å². The summed E-state index contributed by atoms with van der Waals surface area (Å²) in [4.78, 5) is 12.0. The summed E-state index contributed by atoms with van der Waals surface area (Å²) >= 11 is 0. The Morgan fingerprint density at radius 1 is 1.00 bits per heavy atom. The first-order chi connectivity index (χ1) is 9.54. The summed E-state index contributed by atoms with van der Waals surface area (Å²) in [5.41, 5.74) is 0.476. The fourth-order valence-corrected chi connectivity index (χ4v) is 2.27. The second-order valence-corrected chi connectivity index (χ2v) is 4.86. The van der Waals surface area contributed by atoms with Crippen LogP contribution in [0.1, 0.15) is 16.8 Å². The standard InChI is InChI=1S/C14H18O6/c15-7-11-13(18)14(19)12(17)10(20-11)6-9(16)8-4-2-1-3-5-8/h1-5,10-15,17-19H,6-7H2/t10-,11-,12+,13-,14-/m1/s1. The molecule has 0 aromatic heterocycles. The maximum atomic E-state index is 12.0. The summed E-state index contributed by atoms with van der Waals surface area (Å²) in [7, 11) is 0. The summed E-state index contributed by atoms with van der Waals surface area (Å²) in [5.74, 6) is -0.241. The smallest absolute Gasteiger partial charge is 0.165 e. The molecule has 1 heterocycles. The molecule has 0 aliphatic carbocycles. The quantitative estimate of drug-likeness (QED) is 0.533. The Kier molecular flexibility index (Phi) is 4.85. The van der Waals surface area contributed by atoms with Gasteiger partial charge >= 0.3 is 0 Å². The van der Waals surface area contributed by atoms with Crippen LogP contribution in [0.15, 0.2) is 30.3 Å². The Bertz CT molecular complexity index is 446. The number of rotatable bonds is 4. The van der Waals surface area contributed by atoms with Crippen molar-refractivity contribution in [3.8, 4) is 0 Å². The molecular formula is C14H18O6. The zero-order valence-corrected chi connectivity index (χ0v) is 10.8. The van der Waals surface area contributed by atoms with Crippen LogP contribution in [0.4, 0.5) is 0 Å². The Balaban J connectivity index is 2.06. The largest absolute Gasteiger partial charge is 0.394 e. The van der Waals surface area contributed by atoms with Crippen LogP contribution in [0, 0.1) is 0 Å². The molecule has 20 heavy (non-hydrogen) atoms. The molecule has 110 valence electrons. The lowest BCUT2D eigenvalue weighted by Gasteiger charge is -2.39. The van der Waals surface area contributed by atoms with Crippen molar-refractivity contribution in [1.29, 1.82) is 0 Å². The Morgan fingerprint density at radius 2 is 1.60 bits per heavy atom. The van der Waals surface area contributed by atoms with Gasteiger partial charge in [-0.3, -0.25) is 4.79 Å². The minimum atomic E-state index is -1.45. The van der Waals surface area contributed by atoms with Crippen molar-refractivity contribution < 1.29 is 30.0 Å². The minimum Gasteiger partial charge on any atom is -0.394 e. The van der Waals surface area contributed by atoms with Gasteiger partial charge in [-0.05, 0) is 0 Å². The van der Waals surface area contributed by atoms with Crippen LogP contribution in [0.2, 0.25) is 0 Å². The summed E-state index contributed by atoms with van der Waals surface area (Å²) < 4.78 is 5.29. The van der Waals surface area contributed by atoms with Gasteiger partial charge in [0.05, 0.1) is 12.7 Å². The van der Waals surface area contributed by atoms with Crippen LogP contribution in [0.3, 0.4) is 0 Å². The molecule has 0 spiro atoms. The first-order valence-corrected chi connectivity index (χ1v) is 6.43. The molecule has 1 aliphatic rings. The topological polar surface area (TPSA) is 107 Å². The molecule has 6 heteroatoms. The van der Waals surface area contributed by atoms with E-state index in [9.17, 15) is 20.1 Å². The molecule has 1 fully saturated rings. The van der Waals surface area contributed by atoms with Crippen molar-refractivity contribution in [3.63, 3.8) is 0 Å². The molecule has 0 amide bonds. The van der Waals surface area contributed by atoms with Gasteiger partial charge in [-0.1, -0.05) is 30.3 Å². The molecule has 0 saturated carbocycles. The zero-order valence-electron chi connectivity index (χ0n) is 10.8. The Hall–Kier alpha value is -1.31. The van der Waals surface area contributed by atoms with E-state index in [-0.39, 0.29) is 12.2 Å². The second kappa shape index (κ2) is 6.43. The average molecular weight is 282 g/mol. The van der Waals surface area contributed by atoms with Gasteiger partial charge in [0, 0.05) is 12.0 Å². The van der Waals surface area contributed by atoms with Crippen LogP contribution in [-0.2, 0) is 4.74 Å². The molecule has 5 atom stereocenters. The predicted octanol–water partition coefficient (Wildman–Crippen LogP) is -0.898. The molecule has 1 aliphatic heterocycles. The first kappa shape index (κ1) is 15.1. The fraction of sp³-hybridized carbons (Fsp3) is 0.500. The van der Waals surface area contributed by atoms with Crippen LogP contribution in [0.5, 0.6) is 0 Å². The van der Waals surface area contributed by atoms with Gasteiger partial charge in [0.15, 0.2) is 5.78 Å². The fourth-order valence-electron chi connectivity index (χ4n) is 2.27. The number of benzene rings is 1. The Labute approximate surface area is 116 Å². The lowest BCUT2D eigenvalue weighted by molar-refractivity contribution is -0.227. The van der Waals surface area contributed by atoms with Crippen molar-refractivity contribution in [1.82, 2.24) is 0 Å². The van der Waals surface area contributed by atoms with Gasteiger partial charge in [-0.25, -0.2) is 0 Å². The molecule has 6 nitrogen and oxygen atoms in total. The highest BCUT2D eigenvalue weighted by atomic mass is 16.5. The first-order valence-electron chi connectivity index (χ1n) is 6.43. The molecule has 1 saturated heterocycles. The second-order valence-electron chi connectivity index (χ2n) is 4.86. The van der Waals surface area contributed by atoms with Gasteiger partial charge in [0.2, 0.25) is 0 Å². The van der Waals surface area contributed by atoms with Crippen molar-refractivity contribution in [3.05, 3.63) is 35.9 Å². The summed E-state index contributed by atoms with van der Waals surface area (Å²) in [6.07, 6.45) is -6.31. The number of ketones is 1. The number of carbonyl (C=O) groups excluding carboxylic acids is 1. The molecule has 1 aromatic carbocycles. The van der Waals surface area contributed by atoms with E-state index in [2.05, 4.69) is 0 Å². The molecule has 0 radical (unpaired) electrons. The molecule has 0 bridgehead atoms. The maximum Gasteiger partial charge on any atom is 0.165 e. The number of aliphatic hydroxyl groups is 4. The Morgan fingerprint density at radius 3 is 2.20 bits per heavy atom. The third-order valence-corrected chi connectivity index (χ3v) is 3.47. The number of ether oxygens (including phenoxy) is 1. The van der Waals surface area contributed by atoms with Crippen molar-refractivity contribution in [2.24, 2.45) is 0 Å². The lowest BCUT2D eigenvalue weighted by Crippen LogP contribution is -2.58. The van der Waals surface area contributed by atoms with Gasteiger partial charge in [-0.15, -0.1) is 0 Å². The van der Waals surface area contributed by atoms with E-state index in [0.717, 1.165) is 0 Å². The lowest BCUT2D eigenvalue weighted by atomic mass is 9.91. The van der Waals surface area contributed by atoms with Gasteiger partial charge < -0.3 is 25.2 Å². The summed E-state index contributed by atoms with van der Waals surface area (Å²) in [5, 5.41) is 38.2.